The Balaban J connectivity index is 1.95. The Morgan fingerprint density at radius 3 is 2.71 bits per heavy atom. The number of rotatable bonds is 8. The number of hydrogen-bond donors (Lipinski definition) is 2. The van der Waals surface area contributed by atoms with Crippen LogP contribution in [0.15, 0.2) is 44.4 Å². The van der Waals surface area contributed by atoms with Crippen molar-refractivity contribution >= 4 is 39.6 Å². The minimum Gasteiger partial charge on any atom is -0.422 e. The molecule has 11 heteroatoms. The van der Waals surface area contributed by atoms with Crippen LogP contribution in [-0.4, -0.2) is 47.6 Å². The predicted molar refractivity (Wildman–Crippen MR) is 127 cm³/mol. The van der Waals surface area contributed by atoms with E-state index in [1.165, 1.54) is 43.3 Å². The second-order valence-corrected chi connectivity index (χ2v) is 9.39. The number of carbonyl (C=O) groups excluding carboxylic acids is 1. The van der Waals surface area contributed by atoms with Gasteiger partial charge < -0.3 is 19.2 Å². The van der Waals surface area contributed by atoms with E-state index < -0.39 is 28.5 Å². The average Bonchev–Trinajstić information content (AvgIpc) is 2.79. The van der Waals surface area contributed by atoms with E-state index in [2.05, 4.69) is 4.72 Å². The third-order valence-electron chi connectivity index (χ3n) is 5.05. The molecule has 1 atom stereocenters. The normalized spacial score (nSPS) is 12.1. The van der Waals surface area contributed by atoms with Crippen molar-refractivity contribution in [3.8, 4) is 5.75 Å². The van der Waals surface area contributed by atoms with E-state index in [0.29, 0.717) is 28.5 Å². The number of aryl methyl sites for hydroxylation is 1. The zero-order valence-corrected chi connectivity index (χ0v) is 20.4. The van der Waals surface area contributed by atoms with Gasteiger partial charge in [-0.25, -0.2) is 22.9 Å². The summed E-state index contributed by atoms with van der Waals surface area (Å²) in [5.74, 6) is -0.588. The number of nitrogens with zero attached hydrogens (tertiary/aromatic N) is 1. The van der Waals surface area contributed by atoms with Crippen molar-refractivity contribution in [3.63, 3.8) is 0 Å². The van der Waals surface area contributed by atoms with Crippen LogP contribution in [0.3, 0.4) is 0 Å². The second-order valence-electron chi connectivity index (χ2n) is 7.72. The first-order chi connectivity index (χ1) is 16.1. The van der Waals surface area contributed by atoms with Crippen molar-refractivity contribution in [2.75, 3.05) is 27.2 Å². The van der Waals surface area contributed by atoms with Crippen LogP contribution in [-0.2, 0) is 17.4 Å². The van der Waals surface area contributed by atoms with Crippen molar-refractivity contribution in [2.24, 2.45) is 0 Å². The molecule has 0 aliphatic rings. The van der Waals surface area contributed by atoms with E-state index in [0.717, 1.165) is 0 Å². The van der Waals surface area contributed by atoms with Crippen molar-refractivity contribution in [1.82, 2.24) is 9.62 Å². The topological polar surface area (TPSA) is 109 Å². The molecule has 1 unspecified atom stereocenters. The summed E-state index contributed by atoms with van der Waals surface area (Å²) in [5, 5.41) is 9.57. The van der Waals surface area contributed by atoms with Crippen LogP contribution in [0.25, 0.3) is 11.0 Å². The number of fused-ring (bicyclic) bond motifs is 1. The van der Waals surface area contributed by atoms with Crippen molar-refractivity contribution < 1.29 is 27.7 Å². The highest BCUT2D eigenvalue weighted by Gasteiger charge is 2.18. The lowest BCUT2D eigenvalue weighted by molar-refractivity contribution is 0.172. The third-order valence-corrected chi connectivity index (χ3v) is 6.52. The Morgan fingerprint density at radius 1 is 1.29 bits per heavy atom. The monoisotopic (exact) mass is 510 g/mol. The van der Waals surface area contributed by atoms with Crippen molar-refractivity contribution in [3.05, 3.63) is 68.3 Å². The highest BCUT2D eigenvalue weighted by Crippen LogP contribution is 2.32. The van der Waals surface area contributed by atoms with E-state index >= 15 is 0 Å². The van der Waals surface area contributed by atoms with Gasteiger partial charge in [-0.05, 0) is 42.7 Å². The van der Waals surface area contributed by atoms with Crippen LogP contribution in [0.2, 0.25) is 5.02 Å². The van der Waals surface area contributed by atoms with Gasteiger partial charge in [0.25, 0.3) is 0 Å². The molecular weight excluding hydrogens is 487 g/mol. The number of amides is 1. The average molecular weight is 511 g/mol. The molecule has 3 rings (SSSR count). The van der Waals surface area contributed by atoms with E-state index in [1.807, 2.05) is 0 Å². The van der Waals surface area contributed by atoms with Crippen LogP contribution in [0.5, 0.6) is 5.75 Å². The molecule has 0 radical (unpaired) electrons. The summed E-state index contributed by atoms with van der Waals surface area (Å²) >= 11 is 6.29. The number of ether oxygens (including phenoxy) is 1. The summed E-state index contributed by atoms with van der Waals surface area (Å²) < 4.78 is 39.9. The molecule has 0 saturated carbocycles. The lowest BCUT2D eigenvalue weighted by atomic mass is 9.99. The molecule has 0 spiro atoms. The zero-order chi connectivity index (χ0) is 25.0. The highest BCUT2D eigenvalue weighted by molar-refractivity contribution is 7.83. The Kier molecular flexibility index (Phi) is 8.42. The third kappa shape index (κ3) is 5.82. The van der Waals surface area contributed by atoms with E-state index in [-0.39, 0.29) is 40.8 Å². The van der Waals surface area contributed by atoms with Crippen molar-refractivity contribution in [1.29, 1.82) is 0 Å². The van der Waals surface area contributed by atoms with E-state index in [4.69, 9.17) is 25.9 Å². The van der Waals surface area contributed by atoms with E-state index in [9.17, 15) is 18.2 Å². The number of halogens is 2. The number of nitrogens with one attached hydrogen (secondary N) is 1. The Hall–Kier alpha value is -2.79. The molecule has 1 aromatic heterocycles. The van der Waals surface area contributed by atoms with Gasteiger partial charge in [0.1, 0.15) is 22.4 Å². The molecule has 182 valence electrons. The molecular formula is C23H24ClFN2O6S. The fraction of sp³-hybridized carbons (Fsp3) is 0.304. The molecule has 2 aromatic carbocycles. The first kappa shape index (κ1) is 25.8. The van der Waals surface area contributed by atoms with Gasteiger partial charge in [-0.15, -0.1) is 0 Å². The molecule has 0 saturated heterocycles. The van der Waals surface area contributed by atoms with Gasteiger partial charge in [-0.1, -0.05) is 17.7 Å². The zero-order valence-electron chi connectivity index (χ0n) is 18.8. The first-order valence-electron chi connectivity index (χ1n) is 10.3. The summed E-state index contributed by atoms with van der Waals surface area (Å²) in [7, 11) is 1.23. The van der Waals surface area contributed by atoms with Crippen LogP contribution < -0.4 is 15.1 Å². The SMILES string of the molecule is Cc1c(Cc2ccc(F)c(S(=O)NCCCO)c2)c(=O)oc2cc(OC(=O)N(C)C)c(Cl)cc12. The molecule has 34 heavy (non-hydrogen) atoms. The molecule has 1 amide bonds. The first-order valence-corrected chi connectivity index (χ1v) is 11.8. The Morgan fingerprint density at radius 2 is 2.03 bits per heavy atom. The van der Waals surface area contributed by atoms with Gasteiger partial charge in [0, 0.05) is 50.7 Å². The molecule has 0 aliphatic carbocycles. The maximum atomic E-state index is 14.2. The number of carbonyl (C=O) groups is 1. The van der Waals surface area contributed by atoms with Gasteiger partial charge in [0.2, 0.25) is 0 Å². The van der Waals surface area contributed by atoms with Gasteiger partial charge in [-0.3, -0.25) is 0 Å². The summed E-state index contributed by atoms with van der Waals surface area (Å²) in [6, 6.07) is 7.05. The number of aliphatic hydroxyl groups is 1. The molecule has 3 aromatic rings. The molecule has 0 fully saturated rings. The number of aliphatic hydroxyl groups excluding tert-OH is 1. The van der Waals surface area contributed by atoms with Gasteiger partial charge in [-0.2, -0.15) is 0 Å². The molecule has 0 bridgehead atoms. The largest absolute Gasteiger partial charge is 0.422 e. The lowest BCUT2D eigenvalue weighted by Gasteiger charge is -2.14. The van der Waals surface area contributed by atoms with Gasteiger partial charge in [0.05, 0.1) is 9.92 Å². The predicted octanol–water partition coefficient (Wildman–Crippen LogP) is 3.54. The Labute approximate surface area is 202 Å². The van der Waals surface area contributed by atoms with Gasteiger partial charge >= 0.3 is 11.7 Å². The number of hydrogen-bond acceptors (Lipinski definition) is 6. The summed E-state index contributed by atoms with van der Waals surface area (Å²) in [6.07, 6.45) is -0.143. The molecule has 2 N–H and O–H groups in total. The fourth-order valence-electron chi connectivity index (χ4n) is 3.18. The van der Waals surface area contributed by atoms with Crippen LogP contribution in [0, 0.1) is 12.7 Å². The Bertz CT molecular complexity index is 1310. The lowest BCUT2D eigenvalue weighted by Crippen LogP contribution is -2.25. The van der Waals surface area contributed by atoms with Gasteiger partial charge in [0.15, 0.2) is 5.75 Å². The van der Waals surface area contributed by atoms with E-state index in [1.54, 1.807) is 13.0 Å². The standard InChI is InChI=1S/C23H24ClFN2O6S/c1-13-15-11-17(24)20(33-23(30)27(2)3)12-19(15)32-22(29)16(13)9-14-5-6-18(25)21(10-14)34(31)26-7-4-8-28/h5-6,10-12,26,28H,4,7-9H2,1-3H3. The maximum absolute atomic E-state index is 14.2. The quantitative estimate of drug-likeness (QED) is 0.354. The minimum atomic E-state index is -1.81. The maximum Gasteiger partial charge on any atom is 0.414 e. The highest BCUT2D eigenvalue weighted by atomic mass is 35.5. The summed E-state index contributed by atoms with van der Waals surface area (Å²) in [5.41, 5.74) is 1.09. The smallest absolute Gasteiger partial charge is 0.414 e. The second kappa shape index (κ2) is 11.1. The minimum absolute atomic E-state index is 0.0475. The van der Waals surface area contributed by atoms with Crippen LogP contribution in [0.4, 0.5) is 9.18 Å². The molecule has 8 nitrogen and oxygen atoms in total. The van der Waals surface area contributed by atoms with Crippen LogP contribution >= 0.6 is 11.6 Å². The summed E-state index contributed by atoms with van der Waals surface area (Å²) in [6.45, 7) is 1.91. The van der Waals surface area contributed by atoms with Crippen molar-refractivity contribution in [2.45, 2.75) is 24.7 Å². The van der Waals surface area contributed by atoms with Crippen LogP contribution in [0.1, 0.15) is 23.1 Å². The molecule has 0 aliphatic heterocycles. The summed E-state index contributed by atoms with van der Waals surface area (Å²) in [4.78, 5) is 25.8. The number of benzene rings is 2. The molecule has 1 heterocycles. The fourth-order valence-corrected chi connectivity index (χ4v) is 4.37.